The van der Waals surface area contributed by atoms with Gasteiger partial charge in [0.25, 0.3) is 5.56 Å². The van der Waals surface area contributed by atoms with Gasteiger partial charge in [0, 0.05) is 17.1 Å². The van der Waals surface area contributed by atoms with E-state index in [0.717, 1.165) is 10.0 Å². The smallest absolute Gasteiger partial charge is 0.315 e. The average Bonchev–Trinajstić information content (AvgIpc) is 2.82. The Bertz CT molecular complexity index is 1370. The van der Waals surface area contributed by atoms with Crippen LogP contribution in [-0.2, 0) is 13.1 Å². The SMILES string of the molecule is CC(C)Oc1cccc(-n2c(CNC(=O)NCc3ccc(Br)cc3)nc3ccccc3c2=O)c1. The maximum absolute atomic E-state index is 13.4. The van der Waals surface area contributed by atoms with E-state index in [2.05, 4.69) is 31.5 Å². The molecule has 1 aromatic heterocycles. The van der Waals surface area contributed by atoms with Crippen molar-refractivity contribution in [3.05, 3.63) is 99.0 Å². The highest BCUT2D eigenvalue weighted by Gasteiger charge is 2.14. The molecule has 2 N–H and O–H groups in total. The standard InChI is InChI=1S/C26H25BrN4O3/c1-17(2)34-21-7-5-6-20(14-21)31-24(30-23-9-4-3-8-22(23)25(31)32)16-29-26(33)28-15-18-10-12-19(27)13-11-18/h3-14,17H,15-16H2,1-2H3,(H2,28,29,33). The normalized spacial score (nSPS) is 10.9. The summed E-state index contributed by atoms with van der Waals surface area (Å²) >= 11 is 3.40. The van der Waals surface area contributed by atoms with Gasteiger partial charge in [-0.3, -0.25) is 9.36 Å². The van der Waals surface area contributed by atoms with Crippen molar-refractivity contribution in [3.8, 4) is 11.4 Å². The number of aromatic nitrogens is 2. The minimum Gasteiger partial charge on any atom is -0.491 e. The number of para-hydroxylation sites is 1. The quantitative estimate of drug-likeness (QED) is 0.361. The van der Waals surface area contributed by atoms with Gasteiger partial charge in [0.2, 0.25) is 0 Å². The van der Waals surface area contributed by atoms with Crippen LogP contribution in [0.4, 0.5) is 4.79 Å². The molecule has 0 unspecified atom stereocenters. The molecule has 0 aliphatic rings. The van der Waals surface area contributed by atoms with Crippen LogP contribution in [0.1, 0.15) is 25.2 Å². The maximum atomic E-state index is 13.4. The van der Waals surface area contributed by atoms with Crippen molar-refractivity contribution < 1.29 is 9.53 Å². The number of urea groups is 1. The number of amides is 2. The van der Waals surface area contributed by atoms with E-state index in [0.29, 0.717) is 34.7 Å². The molecule has 34 heavy (non-hydrogen) atoms. The van der Waals surface area contributed by atoms with Gasteiger partial charge in [0.05, 0.1) is 29.2 Å². The van der Waals surface area contributed by atoms with Crippen molar-refractivity contribution in [3.63, 3.8) is 0 Å². The van der Waals surface area contributed by atoms with E-state index in [1.165, 1.54) is 4.57 Å². The highest BCUT2D eigenvalue weighted by Crippen LogP contribution is 2.19. The van der Waals surface area contributed by atoms with Gasteiger partial charge in [-0.2, -0.15) is 0 Å². The van der Waals surface area contributed by atoms with Crippen molar-refractivity contribution in [2.45, 2.75) is 33.0 Å². The number of nitrogens with one attached hydrogen (secondary N) is 2. The fraction of sp³-hybridized carbons (Fsp3) is 0.192. The average molecular weight is 521 g/mol. The van der Waals surface area contributed by atoms with Crippen LogP contribution in [0, 0.1) is 0 Å². The number of ether oxygens (including phenoxy) is 1. The van der Waals surface area contributed by atoms with E-state index in [9.17, 15) is 9.59 Å². The van der Waals surface area contributed by atoms with Crippen molar-refractivity contribution in [2.75, 3.05) is 0 Å². The predicted octanol–water partition coefficient (Wildman–Crippen LogP) is 4.93. The first-order chi connectivity index (χ1) is 16.4. The number of fused-ring (bicyclic) bond motifs is 1. The molecule has 3 aromatic carbocycles. The number of hydrogen-bond donors (Lipinski definition) is 2. The van der Waals surface area contributed by atoms with Crippen molar-refractivity contribution in [1.82, 2.24) is 20.2 Å². The molecule has 0 fully saturated rings. The van der Waals surface area contributed by atoms with Gasteiger partial charge in [0.15, 0.2) is 0 Å². The summed E-state index contributed by atoms with van der Waals surface area (Å²) in [5, 5.41) is 6.15. The van der Waals surface area contributed by atoms with E-state index in [1.54, 1.807) is 18.2 Å². The number of carbonyl (C=O) groups excluding carboxylic acids is 1. The number of rotatable bonds is 7. The molecule has 2 amide bonds. The summed E-state index contributed by atoms with van der Waals surface area (Å²) in [6.45, 7) is 4.34. The van der Waals surface area contributed by atoms with E-state index in [1.807, 2.05) is 68.4 Å². The molecule has 0 atom stereocenters. The maximum Gasteiger partial charge on any atom is 0.315 e. The molecule has 174 valence electrons. The minimum absolute atomic E-state index is 0.00254. The van der Waals surface area contributed by atoms with Crippen molar-refractivity contribution in [2.24, 2.45) is 0 Å². The molecule has 1 heterocycles. The second-order valence-corrected chi connectivity index (χ2v) is 8.93. The predicted molar refractivity (Wildman–Crippen MR) is 136 cm³/mol. The zero-order chi connectivity index (χ0) is 24.1. The van der Waals surface area contributed by atoms with Gasteiger partial charge in [-0.15, -0.1) is 0 Å². The highest BCUT2D eigenvalue weighted by molar-refractivity contribution is 9.10. The fourth-order valence-electron chi connectivity index (χ4n) is 3.54. The molecular weight excluding hydrogens is 496 g/mol. The molecule has 0 spiro atoms. The van der Waals surface area contributed by atoms with E-state index in [4.69, 9.17) is 4.74 Å². The zero-order valence-corrected chi connectivity index (χ0v) is 20.5. The molecule has 4 rings (SSSR count). The van der Waals surface area contributed by atoms with Gasteiger partial charge < -0.3 is 15.4 Å². The third-order valence-electron chi connectivity index (χ3n) is 5.07. The second-order valence-electron chi connectivity index (χ2n) is 8.01. The van der Waals surface area contributed by atoms with Gasteiger partial charge in [-0.1, -0.05) is 46.3 Å². The van der Waals surface area contributed by atoms with E-state index >= 15 is 0 Å². The molecule has 0 saturated heterocycles. The van der Waals surface area contributed by atoms with Crippen LogP contribution < -0.4 is 20.9 Å². The summed E-state index contributed by atoms with van der Waals surface area (Å²) < 4.78 is 8.30. The molecule has 0 radical (unpaired) electrons. The van der Waals surface area contributed by atoms with Gasteiger partial charge in [-0.25, -0.2) is 9.78 Å². The van der Waals surface area contributed by atoms with Crippen molar-refractivity contribution >= 4 is 32.9 Å². The Labute approximate surface area is 205 Å². The first-order valence-electron chi connectivity index (χ1n) is 10.9. The van der Waals surface area contributed by atoms with Crippen LogP contribution in [-0.4, -0.2) is 21.7 Å². The van der Waals surface area contributed by atoms with Gasteiger partial charge in [-0.05, 0) is 55.8 Å². The lowest BCUT2D eigenvalue weighted by atomic mass is 10.2. The molecule has 7 nitrogen and oxygen atoms in total. The number of halogens is 1. The molecule has 0 bridgehead atoms. The van der Waals surface area contributed by atoms with Crippen LogP contribution in [0.3, 0.4) is 0 Å². The highest BCUT2D eigenvalue weighted by atomic mass is 79.9. The van der Waals surface area contributed by atoms with Crippen molar-refractivity contribution in [1.29, 1.82) is 0 Å². The molecule has 0 aliphatic heterocycles. The topological polar surface area (TPSA) is 85.2 Å². The lowest BCUT2D eigenvalue weighted by molar-refractivity contribution is 0.239. The molecule has 4 aromatic rings. The van der Waals surface area contributed by atoms with Crippen LogP contribution in [0.25, 0.3) is 16.6 Å². The molecular formula is C26H25BrN4O3. The second kappa shape index (κ2) is 10.5. The molecule has 0 saturated carbocycles. The fourth-order valence-corrected chi connectivity index (χ4v) is 3.80. The Morgan fingerprint density at radius 2 is 1.74 bits per heavy atom. The number of hydrogen-bond acceptors (Lipinski definition) is 4. The summed E-state index contributed by atoms with van der Waals surface area (Å²) in [5.41, 5.74) is 1.96. The largest absolute Gasteiger partial charge is 0.491 e. The van der Waals surface area contributed by atoms with E-state index in [-0.39, 0.29) is 24.2 Å². The lowest BCUT2D eigenvalue weighted by Gasteiger charge is -2.16. The number of benzene rings is 3. The van der Waals surface area contributed by atoms with Crippen LogP contribution >= 0.6 is 15.9 Å². The first kappa shape index (κ1) is 23.5. The Kier molecular flexibility index (Phi) is 7.27. The first-order valence-corrected chi connectivity index (χ1v) is 11.7. The molecule has 8 heteroatoms. The van der Waals surface area contributed by atoms with Gasteiger partial charge in [0.1, 0.15) is 11.6 Å². The van der Waals surface area contributed by atoms with Crippen LogP contribution in [0.15, 0.2) is 82.1 Å². The summed E-state index contributed by atoms with van der Waals surface area (Å²) in [6, 6.07) is 21.8. The summed E-state index contributed by atoms with van der Waals surface area (Å²) in [6.07, 6.45) is -0.00254. The number of carbonyl (C=O) groups is 1. The summed E-state index contributed by atoms with van der Waals surface area (Å²) in [5.74, 6) is 1.07. The Hall–Kier alpha value is -3.65. The summed E-state index contributed by atoms with van der Waals surface area (Å²) in [4.78, 5) is 30.6. The Morgan fingerprint density at radius 3 is 2.50 bits per heavy atom. The Balaban J connectivity index is 1.60. The van der Waals surface area contributed by atoms with E-state index < -0.39 is 0 Å². The third kappa shape index (κ3) is 5.63. The minimum atomic E-state index is -0.353. The Morgan fingerprint density at radius 1 is 1.00 bits per heavy atom. The van der Waals surface area contributed by atoms with Crippen LogP contribution in [0.5, 0.6) is 5.75 Å². The zero-order valence-electron chi connectivity index (χ0n) is 18.9. The van der Waals surface area contributed by atoms with Crippen LogP contribution in [0.2, 0.25) is 0 Å². The monoisotopic (exact) mass is 520 g/mol. The number of nitrogens with zero attached hydrogens (tertiary/aromatic N) is 2. The summed E-state index contributed by atoms with van der Waals surface area (Å²) in [7, 11) is 0. The van der Waals surface area contributed by atoms with Gasteiger partial charge >= 0.3 is 6.03 Å². The third-order valence-corrected chi connectivity index (χ3v) is 5.59. The lowest BCUT2D eigenvalue weighted by Crippen LogP contribution is -2.36. The molecule has 0 aliphatic carbocycles.